The lowest BCUT2D eigenvalue weighted by molar-refractivity contribution is 0.103. The highest BCUT2D eigenvalue weighted by Crippen LogP contribution is 2.21. The first-order valence-corrected chi connectivity index (χ1v) is 7.18. The van der Waals surface area contributed by atoms with Crippen LogP contribution in [0.15, 0.2) is 39.4 Å². The average Bonchev–Trinajstić information content (AvgIpc) is 2.63. The average molecular weight is 340 g/mol. The Bertz CT molecular complexity index is 1040. The van der Waals surface area contributed by atoms with Crippen LogP contribution in [0.4, 0.5) is 5.82 Å². The second-order valence-electron chi connectivity index (χ2n) is 5.21. The van der Waals surface area contributed by atoms with E-state index < -0.39 is 22.6 Å². The fourth-order valence-corrected chi connectivity index (χ4v) is 2.30. The smallest absolute Gasteiger partial charge is 0.332 e. The number of Topliss-reactive ketones (excluding diaryl/α,β-unsaturated/α-hetero) is 1. The minimum absolute atomic E-state index is 0.292. The number of anilines is 1. The van der Waals surface area contributed by atoms with Gasteiger partial charge >= 0.3 is 5.69 Å². The molecule has 0 amide bonds. The van der Waals surface area contributed by atoms with E-state index in [0.717, 1.165) is 9.13 Å². The highest BCUT2D eigenvalue weighted by molar-refractivity contribution is 6.16. The van der Waals surface area contributed by atoms with Crippen molar-refractivity contribution in [2.45, 2.75) is 0 Å². The van der Waals surface area contributed by atoms with Crippen molar-refractivity contribution in [2.24, 2.45) is 14.1 Å². The number of nitrogen functional groups attached to an aromatic ring is 1. The first-order chi connectivity index (χ1) is 11.8. The molecule has 1 aromatic carbocycles. The molecule has 2 rings (SSSR count). The number of hydrogen-bond donors (Lipinski definition) is 1. The number of nitriles is 1. The molecular formula is C17H16N4O4. The van der Waals surface area contributed by atoms with Crippen molar-refractivity contribution >= 4 is 17.7 Å². The van der Waals surface area contributed by atoms with Gasteiger partial charge in [0.1, 0.15) is 28.8 Å². The van der Waals surface area contributed by atoms with Crippen molar-refractivity contribution in [3.05, 3.63) is 61.8 Å². The zero-order valence-corrected chi connectivity index (χ0v) is 13.9. The molecule has 8 nitrogen and oxygen atoms in total. The number of carbonyl (C=O) groups is 1. The number of allylic oxidation sites excluding steroid dienone is 1. The standard InChI is InChI=1S/C17H16N4O4/c1-20-15(19)13(16(23)21(2)17(20)24)14(22)11(9-18)8-10-6-4-5-7-12(10)25-3/h4-8H,19H2,1-3H3/b11-8+. The lowest BCUT2D eigenvalue weighted by Crippen LogP contribution is -2.41. The van der Waals surface area contributed by atoms with E-state index in [1.165, 1.54) is 27.3 Å². The van der Waals surface area contributed by atoms with Crippen molar-refractivity contribution in [3.8, 4) is 11.8 Å². The Morgan fingerprint density at radius 2 is 1.88 bits per heavy atom. The number of benzene rings is 1. The van der Waals surface area contributed by atoms with E-state index in [4.69, 9.17) is 10.5 Å². The van der Waals surface area contributed by atoms with E-state index in [2.05, 4.69) is 0 Å². The number of rotatable bonds is 4. The van der Waals surface area contributed by atoms with Gasteiger partial charge in [-0.3, -0.25) is 18.7 Å². The number of ether oxygens (including phenoxy) is 1. The van der Waals surface area contributed by atoms with Gasteiger partial charge in [-0.15, -0.1) is 0 Å². The van der Waals surface area contributed by atoms with Crippen molar-refractivity contribution < 1.29 is 9.53 Å². The fraction of sp³-hybridized carbons (Fsp3) is 0.176. The highest BCUT2D eigenvalue weighted by atomic mass is 16.5. The van der Waals surface area contributed by atoms with Crippen LogP contribution in [0.1, 0.15) is 15.9 Å². The Kier molecular flexibility index (Phi) is 4.89. The van der Waals surface area contributed by atoms with Gasteiger partial charge in [0.15, 0.2) is 0 Å². The summed E-state index contributed by atoms with van der Waals surface area (Å²) in [6.07, 6.45) is 1.31. The largest absolute Gasteiger partial charge is 0.496 e. The van der Waals surface area contributed by atoms with Gasteiger partial charge in [-0.1, -0.05) is 18.2 Å². The molecule has 0 aliphatic carbocycles. The summed E-state index contributed by atoms with van der Waals surface area (Å²) >= 11 is 0. The number of nitrogens with two attached hydrogens (primary N) is 1. The van der Waals surface area contributed by atoms with Gasteiger partial charge in [-0.2, -0.15) is 5.26 Å². The van der Waals surface area contributed by atoms with Crippen molar-refractivity contribution in [1.82, 2.24) is 9.13 Å². The fourth-order valence-electron chi connectivity index (χ4n) is 2.30. The molecule has 25 heavy (non-hydrogen) atoms. The first-order valence-electron chi connectivity index (χ1n) is 7.18. The number of nitrogens with zero attached hydrogens (tertiary/aromatic N) is 3. The number of methoxy groups -OCH3 is 1. The molecule has 0 unspecified atom stereocenters. The summed E-state index contributed by atoms with van der Waals surface area (Å²) in [7, 11) is 4.03. The van der Waals surface area contributed by atoms with E-state index in [1.807, 2.05) is 0 Å². The summed E-state index contributed by atoms with van der Waals surface area (Å²) in [5.74, 6) is -0.689. The number of ketones is 1. The lowest BCUT2D eigenvalue weighted by Gasteiger charge is -2.10. The number of hydrogen-bond acceptors (Lipinski definition) is 6. The predicted octanol–water partition coefficient (Wildman–Crippen LogP) is 0.465. The summed E-state index contributed by atoms with van der Waals surface area (Å²) in [5.41, 5.74) is 4.02. The molecule has 0 aliphatic rings. The monoisotopic (exact) mass is 340 g/mol. The summed E-state index contributed by atoms with van der Waals surface area (Å²) in [5, 5.41) is 9.36. The van der Waals surface area contributed by atoms with Crippen LogP contribution in [0.25, 0.3) is 6.08 Å². The van der Waals surface area contributed by atoms with Crippen LogP contribution in [-0.2, 0) is 14.1 Å². The van der Waals surface area contributed by atoms with Crippen LogP contribution in [0.3, 0.4) is 0 Å². The molecule has 0 spiro atoms. The zero-order chi connectivity index (χ0) is 18.7. The molecule has 0 bridgehead atoms. The summed E-state index contributed by atoms with van der Waals surface area (Å²) in [6.45, 7) is 0. The Hall–Kier alpha value is -3.60. The summed E-state index contributed by atoms with van der Waals surface area (Å²) in [6, 6.07) is 8.56. The molecule has 0 saturated heterocycles. The SMILES string of the molecule is COc1ccccc1/C=C(\C#N)C(=O)c1c(N)n(C)c(=O)n(C)c1=O. The Morgan fingerprint density at radius 3 is 2.48 bits per heavy atom. The van der Waals surface area contributed by atoms with Crippen molar-refractivity contribution in [1.29, 1.82) is 5.26 Å². The molecule has 0 atom stereocenters. The Labute approximate surface area is 143 Å². The second-order valence-corrected chi connectivity index (χ2v) is 5.21. The van der Waals surface area contributed by atoms with Crippen LogP contribution < -0.4 is 21.7 Å². The van der Waals surface area contributed by atoms with Gasteiger partial charge in [-0.05, 0) is 12.1 Å². The number of para-hydroxylation sites is 1. The maximum atomic E-state index is 12.7. The molecule has 2 aromatic rings. The summed E-state index contributed by atoms with van der Waals surface area (Å²) < 4.78 is 6.92. The van der Waals surface area contributed by atoms with Gasteiger partial charge in [0.2, 0.25) is 5.78 Å². The summed E-state index contributed by atoms with van der Waals surface area (Å²) in [4.78, 5) is 36.8. The quantitative estimate of drug-likeness (QED) is 0.490. The van der Waals surface area contributed by atoms with Gasteiger partial charge in [0.05, 0.1) is 7.11 Å². The third-order valence-electron chi connectivity index (χ3n) is 3.74. The third kappa shape index (κ3) is 3.07. The minimum atomic E-state index is -0.859. The van der Waals surface area contributed by atoms with Gasteiger partial charge in [-0.25, -0.2) is 4.79 Å². The molecule has 0 radical (unpaired) electrons. The van der Waals surface area contributed by atoms with Gasteiger partial charge < -0.3 is 10.5 Å². The molecule has 0 fully saturated rings. The van der Waals surface area contributed by atoms with Crippen LogP contribution in [0.2, 0.25) is 0 Å². The van der Waals surface area contributed by atoms with E-state index in [9.17, 15) is 19.6 Å². The second kappa shape index (κ2) is 6.88. The van der Waals surface area contributed by atoms with Gasteiger partial charge in [0, 0.05) is 19.7 Å². The molecule has 1 aromatic heterocycles. The Balaban J connectivity index is 2.68. The third-order valence-corrected chi connectivity index (χ3v) is 3.74. The maximum Gasteiger partial charge on any atom is 0.332 e. The topological polar surface area (TPSA) is 120 Å². The zero-order valence-electron chi connectivity index (χ0n) is 13.9. The van der Waals surface area contributed by atoms with Crippen LogP contribution in [0, 0.1) is 11.3 Å². The lowest BCUT2D eigenvalue weighted by atomic mass is 10.0. The minimum Gasteiger partial charge on any atom is -0.496 e. The number of aromatic nitrogens is 2. The van der Waals surface area contributed by atoms with Gasteiger partial charge in [0.25, 0.3) is 5.56 Å². The molecule has 0 aliphatic heterocycles. The van der Waals surface area contributed by atoms with Crippen LogP contribution in [0.5, 0.6) is 5.75 Å². The molecule has 0 saturated carbocycles. The highest BCUT2D eigenvalue weighted by Gasteiger charge is 2.23. The first kappa shape index (κ1) is 17.7. The number of carbonyl (C=O) groups excluding carboxylic acids is 1. The molecule has 128 valence electrons. The van der Waals surface area contributed by atoms with E-state index >= 15 is 0 Å². The van der Waals surface area contributed by atoms with Crippen molar-refractivity contribution in [2.75, 3.05) is 12.8 Å². The molecular weight excluding hydrogens is 324 g/mol. The maximum absolute atomic E-state index is 12.7. The van der Waals surface area contributed by atoms with Crippen molar-refractivity contribution in [3.63, 3.8) is 0 Å². The van der Waals surface area contributed by atoms with E-state index in [0.29, 0.717) is 11.3 Å². The van der Waals surface area contributed by atoms with Crippen LogP contribution in [-0.4, -0.2) is 22.0 Å². The molecule has 1 heterocycles. The van der Waals surface area contributed by atoms with E-state index in [1.54, 1.807) is 30.3 Å². The van der Waals surface area contributed by atoms with Crippen LogP contribution >= 0.6 is 0 Å². The molecule has 8 heteroatoms. The normalized spacial score (nSPS) is 11.0. The Morgan fingerprint density at radius 1 is 1.24 bits per heavy atom. The predicted molar refractivity (Wildman–Crippen MR) is 92.3 cm³/mol. The van der Waals surface area contributed by atoms with E-state index in [-0.39, 0.29) is 11.4 Å². The molecule has 2 N–H and O–H groups in total.